The number of rotatable bonds is 6. The van der Waals surface area contributed by atoms with E-state index >= 15 is 0 Å². The van der Waals surface area contributed by atoms with Crippen LogP contribution in [0.2, 0.25) is 5.02 Å². The van der Waals surface area contributed by atoms with E-state index in [1.165, 1.54) is 5.56 Å². The van der Waals surface area contributed by atoms with Gasteiger partial charge in [-0.15, -0.1) is 0 Å². The smallest absolute Gasteiger partial charge is 0.343 e. The SMILES string of the molecule is CCCOC(=O)c1ccccc1OC(=O)c1ccc2c(c1)[C@@H]1C=CC[C@H]1[C@@H](c1ccc(Cl)cc1)N2. The molecule has 1 aliphatic carbocycles. The van der Waals surface area contributed by atoms with Gasteiger partial charge < -0.3 is 14.8 Å². The van der Waals surface area contributed by atoms with Crippen LogP contribution in [0.1, 0.15) is 63.6 Å². The third kappa shape index (κ3) is 4.69. The topological polar surface area (TPSA) is 64.6 Å². The summed E-state index contributed by atoms with van der Waals surface area (Å²) in [4.78, 5) is 25.5. The van der Waals surface area contributed by atoms with Gasteiger partial charge in [0.25, 0.3) is 0 Å². The van der Waals surface area contributed by atoms with Crippen molar-refractivity contribution < 1.29 is 19.1 Å². The van der Waals surface area contributed by atoms with Gasteiger partial charge in [0.05, 0.1) is 18.2 Å². The Balaban J connectivity index is 1.40. The van der Waals surface area contributed by atoms with Crippen LogP contribution >= 0.6 is 11.6 Å². The highest BCUT2D eigenvalue weighted by molar-refractivity contribution is 6.30. The number of para-hydroxylation sites is 1. The molecule has 0 saturated carbocycles. The summed E-state index contributed by atoms with van der Waals surface area (Å²) in [5, 5.41) is 4.38. The van der Waals surface area contributed by atoms with Gasteiger partial charge in [-0.25, -0.2) is 9.59 Å². The van der Waals surface area contributed by atoms with E-state index in [2.05, 4.69) is 29.6 Å². The average molecular weight is 488 g/mol. The van der Waals surface area contributed by atoms with E-state index in [0.29, 0.717) is 24.5 Å². The van der Waals surface area contributed by atoms with Crippen molar-refractivity contribution >= 4 is 29.2 Å². The molecule has 3 aromatic rings. The molecule has 5 rings (SSSR count). The van der Waals surface area contributed by atoms with Gasteiger partial charge in [0.2, 0.25) is 0 Å². The van der Waals surface area contributed by atoms with Crippen molar-refractivity contribution in [3.63, 3.8) is 0 Å². The van der Waals surface area contributed by atoms with Crippen LogP contribution in [-0.4, -0.2) is 18.5 Å². The third-order valence-electron chi connectivity index (χ3n) is 6.57. The second kappa shape index (κ2) is 9.96. The molecular weight excluding hydrogens is 462 g/mol. The van der Waals surface area contributed by atoms with Crippen LogP contribution in [0, 0.1) is 5.92 Å². The molecule has 1 N–H and O–H groups in total. The number of anilines is 1. The predicted octanol–water partition coefficient (Wildman–Crippen LogP) is 6.95. The van der Waals surface area contributed by atoms with Crippen LogP contribution in [0.15, 0.2) is 78.9 Å². The van der Waals surface area contributed by atoms with Crippen molar-refractivity contribution in [1.29, 1.82) is 0 Å². The van der Waals surface area contributed by atoms with Crippen LogP contribution in [0.4, 0.5) is 5.69 Å². The maximum Gasteiger partial charge on any atom is 0.343 e. The molecule has 1 heterocycles. The zero-order valence-electron chi connectivity index (χ0n) is 19.4. The number of benzene rings is 3. The maximum atomic E-state index is 13.1. The predicted molar refractivity (Wildman–Crippen MR) is 136 cm³/mol. The number of halogens is 1. The molecular formula is C29H26ClNO4. The van der Waals surface area contributed by atoms with E-state index in [4.69, 9.17) is 21.1 Å². The van der Waals surface area contributed by atoms with E-state index in [-0.39, 0.29) is 23.3 Å². The van der Waals surface area contributed by atoms with E-state index in [0.717, 1.165) is 22.7 Å². The van der Waals surface area contributed by atoms with E-state index in [9.17, 15) is 9.59 Å². The summed E-state index contributed by atoms with van der Waals surface area (Å²) in [5.41, 5.74) is 3.93. The first kappa shape index (κ1) is 23.2. The molecule has 5 nitrogen and oxygen atoms in total. The number of hydrogen-bond donors (Lipinski definition) is 1. The van der Waals surface area contributed by atoms with E-state index in [1.54, 1.807) is 30.3 Å². The maximum absolute atomic E-state index is 13.1. The first-order chi connectivity index (χ1) is 17.0. The molecule has 0 fully saturated rings. The Morgan fingerprint density at radius 1 is 1.03 bits per heavy atom. The van der Waals surface area contributed by atoms with Crippen LogP contribution in [0.3, 0.4) is 0 Å². The van der Waals surface area contributed by atoms with Crippen molar-refractivity contribution in [2.75, 3.05) is 11.9 Å². The Labute approximate surface area is 209 Å². The van der Waals surface area contributed by atoms with Crippen molar-refractivity contribution in [2.24, 2.45) is 5.92 Å². The summed E-state index contributed by atoms with van der Waals surface area (Å²) in [6.45, 7) is 2.23. The molecule has 0 unspecified atom stereocenters. The van der Waals surface area contributed by atoms with Gasteiger partial charge in [-0.3, -0.25) is 0 Å². The largest absolute Gasteiger partial charge is 0.462 e. The quantitative estimate of drug-likeness (QED) is 0.231. The molecule has 3 aromatic carbocycles. The minimum atomic E-state index is -0.512. The van der Waals surface area contributed by atoms with Gasteiger partial charge in [-0.1, -0.05) is 54.9 Å². The molecule has 0 saturated heterocycles. The van der Waals surface area contributed by atoms with E-state index < -0.39 is 11.9 Å². The Morgan fingerprint density at radius 2 is 1.83 bits per heavy atom. The number of hydrogen-bond acceptors (Lipinski definition) is 5. The van der Waals surface area contributed by atoms with Crippen molar-refractivity contribution in [3.8, 4) is 5.75 Å². The fourth-order valence-electron chi connectivity index (χ4n) is 4.88. The monoisotopic (exact) mass is 487 g/mol. The van der Waals surface area contributed by atoms with Crippen LogP contribution in [-0.2, 0) is 4.74 Å². The van der Waals surface area contributed by atoms with Crippen molar-refractivity contribution in [3.05, 3.63) is 106 Å². The zero-order chi connectivity index (χ0) is 24.4. The number of nitrogens with one attached hydrogen (secondary N) is 1. The Morgan fingerprint density at radius 3 is 2.63 bits per heavy atom. The second-order valence-corrected chi connectivity index (χ2v) is 9.29. The van der Waals surface area contributed by atoms with Crippen LogP contribution < -0.4 is 10.1 Å². The summed E-state index contributed by atoms with van der Waals surface area (Å²) < 4.78 is 10.9. The van der Waals surface area contributed by atoms with E-state index in [1.807, 2.05) is 31.2 Å². The molecule has 0 amide bonds. The lowest BCUT2D eigenvalue weighted by molar-refractivity contribution is 0.0499. The fraction of sp³-hybridized carbons (Fsp3) is 0.241. The van der Waals surface area contributed by atoms with Crippen molar-refractivity contribution in [1.82, 2.24) is 0 Å². The van der Waals surface area contributed by atoms with Crippen LogP contribution in [0.5, 0.6) is 5.75 Å². The minimum Gasteiger partial charge on any atom is -0.462 e. The second-order valence-electron chi connectivity index (χ2n) is 8.85. The molecule has 6 heteroatoms. The van der Waals surface area contributed by atoms with Gasteiger partial charge in [-0.2, -0.15) is 0 Å². The Bertz CT molecular complexity index is 1280. The standard InChI is InChI=1S/C29H26ClNO4/c1-2-16-34-29(33)23-6-3-4-9-26(23)35-28(32)19-12-15-25-24(17-19)21-7-5-8-22(21)27(31-25)18-10-13-20(30)14-11-18/h3-7,9-15,17,21-22,27,31H,2,8,16H2,1H3/t21-,22-,27-/m1/s1. The number of fused-ring (bicyclic) bond motifs is 3. The Kier molecular flexibility index (Phi) is 6.60. The van der Waals surface area contributed by atoms with Gasteiger partial charge in [-0.05, 0) is 72.4 Å². The summed E-state index contributed by atoms with van der Waals surface area (Å²) in [6.07, 6.45) is 6.10. The average Bonchev–Trinajstić information content (AvgIpc) is 3.38. The molecule has 0 aromatic heterocycles. The number of carbonyl (C=O) groups is 2. The summed E-state index contributed by atoms with van der Waals surface area (Å²) in [5.74, 6) is -0.296. The van der Waals surface area contributed by atoms with Gasteiger partial charge in [0.15, 0.2) is 0 Å². The summed E-state index contributed by atoms with van der Waals surface area (Å²) in [6, 6.07) is 20.3. The molecule has 178 valence electrons. The summed E-state index contributed by atoms with van der Waals surface area (Å²) >= 11 is 6.10. The summed E-state index contributed by atoms with van der Waals surface area (Å²) in [7, 11) is 0. The van der Waals surface area contributed by atoms with Crippen LogP contribution in [0.25, 0.3) is 0 Å². The molecule has 0 spiro atoms. The molecule has 1 aliphatic heterocycles. The Hall–Kier alpha value is -3.57. The minimum absolute atomic E-state index is 0.151. The van der Waals surface area contributed by atoms with Crippen molar-refractivity contribution in [2.45, 2.75) is 31.7 Å². The zero-order valence-corrected chi connectivity index (χ0v) is 20.1. The fourth-order valence-corrected chi connectivity index (χ4v) is 5.00. The number of esters is 2. The molecule has 2 aliphatic rings. The third-order valence-corrected chi connectivity index (χ3v) is 6.83. The van der Waals surface area contributed by atoms with Gasteiger partial charge >= 0.3 is 11.9 Å². The lowest BCUT2D eigenvalue weighted by Gasteiger charge is -2.37. The highest BCUT2D eigenvalue weighted by Crippen LogP contribution is 2.50. The van der Waals surface area contributed by atoms with Gasteiger partial charge in [0.1, 0.15) is 11.3 Å². The first-order valence-electron chi connectivity index (χ1n) is 11.9. The molecule has 0 bridgehead atoms. The lowest BCUT2D eigenvalue weighted by atomic mass is 9.76. The number of ether oxygens (including phenoxy) is 2. The highest BCUT2D eigenvalue weighted by atomic mass is 35.5. The number of allylic oxidation sites excluding steroid dienone is 2. The number of carbonyl (C=O) groups excluding carboxylic acids is 2. The normalized spacial score (nSPS) is 19.9. The molecule has 0 radical (unpaired) electrons. The highest BCUT2D eigenvalue weighted by Gasteiger charge is 2.38. The van der Waals surface area contributed by atoms with Gasteiger partial charge in [0, 0.05) is 16.6 Å². The lowest BCUT2D eigenvalue weighted by Crippen LogP contribution is -2.29. The first-order valence-corrected chi connectivity index (χ1v) is 12.2. The molecule has 3 atom stereocenters. The molecule has 35 heavy (non-hydrogen) atoms.